The Hall–Kier alpha value is -3.66. The number of likely N-dealkylation sites (tertiary alicyclic amines) is 1. The van der Waals surface area contributed by atoms with E-state index in [9.17, 15) is 14.4 Å². The summed E-state index contributed by atoms with van der Waals surface area (Å²) in [5.41, 5.74) is 3.53. The highest BCUT2D eigenvalue weighted by atomic mass is 32.1. The van der Waals surface area contributed by atoms with Crippen molar-refractivity contribution in [3.8, 4) is 0 Å². The molecule has 2 aliphatic rings. The summed E-state index contributed by atoms with van der Waals surface area (Å²) >= 11 is 1.44. The van der Waals surface area contributed by atoms with Gasteiger partial charge in [-0.15, -0.1) is 17.9 Å². The first-order valence-corrected chi connectivity index (χ1v) is 14.3. The molecule has 0 unspecified atom stereocenters. The van der Waals surface area contributed by atoms with Gasteiger partial charge in [0.25, 0.3) is 0 Å². The quantitative estimate of drug-likeness (QED) is 0.336. The van der Waals surface area contributed by atoms with Crippen LogP contribution < -0.4 is 5.32 Å². The summed E-state index contributed by atoms with van der Waals surface area (Å²) in [6, 6.07) is 4.38. The minimum atomic E-state index is -0.857. The van der Waals surface area contributed by atoms with E-state index in [1.165, 1.54) is 23.3 Å². The Kier molecular flexibility index (Phi) is 8.98. The number of hydrogen-bond acceptors (Lipinski definition) is 8. The molecule has 2 aliphatic heterocycles. The normalized spacial score (nSPS) is 19.1. The number of aryl methyl sites for hydroxylation is 1. The number of aromatic nitrogens is 1. The second-order valence-corrected chi connectivity index (χ2v) is 12.1. The second-order valence-electron chi connectivity index (χ2n) is 11.2. The SMILES string of the molecule is C=CCCc1csc(N[C@H](C(=O)N2C[C@H](OC(=O)N3Cc4cccc(C=C)c4C3)C[C@H]2C(=O)OC)C(C)(C)C)n1. The van der Waals surface area contributed by atoms with E-state index in [0.717, 1.165) is 35.2 Å². The number of allylic oxidation sites excluding steroid dienone is 1. The highest BCUT2D eigenvalue weighted by Gasteiger charge is 2.46. The van der Waals surface area contributed by atoms with Crippen LogP contribution in [0.25, 0.3) is 6.08 Å². The van der Waals surface area contributed by atoms with Gasteiger partial charge in [-0.3, -0.25) is 9.69 Å². The first-order valence-electron chi connectivity index (χ1n) is 13.4. The molecule has 0 saturated carbocycles. The number of nitrogens with zero attached hydrogens (tertiary/aromatic N) is 3. The maximum absolute atomic E-state index is 14.0. The third-order valence-corrected chi connectivity index (χ3v) is 8.14. The van der Waals surface area contributed by atoms with Gasteiger partial charge in [-0.05, 0) is 34.9 Å². The van der Waals surface area contributed by atoms with Crippen molar-refractivity contribution < 1.29 is 23.9 Å². The van der Waals surface area contributed by atoms with Crippen LogP contribution in [0.3, 0.4) is 0 Å². The van der Waals surface area contributed by atoms with Crippen molar-refractivity contribution in [1.82, 2.24) is 14.8 Å². The minimum Gasteiger partial charge on any atom is -0.467 e. The molecule has 2 amide bonds. The molecule has 3 atom stereocenters. The van der Waals surface area contributed by atoms with Gasteiger partial charge in [0.1, 0.15) is 18.2 Å². The number of anilines is 1. The fraction of sp³-hybridized carbons (Fsp3) is 0.467. The third-order valence-electron chi connectivity index (χ3n) is 7.32. The minimum absolute atomic E-state index is 0.0970. The van der Waals surface area contributed by atoms with Crippen molar-refractivity contribution in [1.29, 1.82) is 0 Å². The molecule has 1 aromatic heterocycles. The van der Waals surface area contributed by atoms with Gasteiger partial charge in [0.2, 0.25) is 5.91 Å². The van der Waals surface area contributed by atoms with E-state index in [4.69, 9.17) is 9.47 Å². The van der Waals surface area contributed by atoms with E-state index in [2.05, 4.69) is 23.5 Å². The van der Waals surface area contributed by atoms with Crippen LogP contribution in [0.5, 0.6) is 0 Å². The lowest BCUT2D eigenvalue weighted by Gasteiger charge is -2.35. The van der Waals surface area contributed by atoms with Gasteiger partial charge in [0.15, 0.2) is 5.13 Å². The Morgan fingerprint density at radius 1 is 1.25 bits per heavy atom. The lowest BCUT2D eigenvalue weighted by molar-refractivity contribution is -0.151. The second kappa shape index (κ2) is 12.2. The number of esters is 1. The summed E-state index contributed by atoms with van der Waals surface area (Å²) < 4.78 is 10.9. The number of carbonyl (C=O) groups excluding carboxylic acids is 3. The van der Waals surface area contributed by atoms with E-state index < -0.39 is 35.7 Å². The van der Waals surface area contributed by atoms with Crippen molar-refractivity contribution in [2.45, 2.75) is 71.3 Å². The van der Waals surface area contributed by atoms with E-state index >= 15 is 0 Å². The third kappa shape index (κ3) is 6.38. The molecule has 10 heteroatoms. The lowest BCUT2D eigenvalue weighted by Crippen LogP contribution is -2.52. The zero-order valence-electron chi connectivity index (χ0n) is 23.6. The molecule has 40 heavy (non-hydrogen) atoms. The average Bonchev–Trinajstić information content (AvgIpc) is 3.67. The topological polar surface area (TPSA) is 101 Å². The van der Waals surface area contributed by atoms with Crippen LogP contribution in [0, 0.1) is 5.41 Å². The molecule has 1 aromatic carbocycles. The summed E-state index contributed by atoms with van der Waals surface area (Å²) in [6.45, 7) is 14.4. The van der Waals surface area contributed by atoms with Gasteiger partial charge >= 0.3 is 12.1 Å². The number of benzene rings is 1. The van der Waals surface area contributed by atoms with E-state index in [0.29, 0.717) is 18.2 Å². The van der Waals surface area contributed by atoms with E-state index in [1.54, 1.807) is 11.0 Å². The van der Waals surface area contributed by atoms with Crippen LogP contribution in [-0.2, 0) is 38.6 Å². The van der Waals surface area contributed by atoms with Crippen LogP contribution >= 0.6 is 11.3 Å². The van der Waals surface area contributed by atoms with Gasteiger partial charge in [0, 0.05) is 18.3 Å². The zero-order valence-corrected chi connectivity index (χ0v) is 24.5. The number of fused-ring (bicyclic) bond motifs is 1. The summed E-state index contributed by atoms with van der Waals surface area (Å²) in [5.74, 6) is -0.807. The van der Waals surface area contributed by atoms with Crippen LogP contribution in [0.15, 0.2) is 42.8 Å². The Labute approximate surface area is 239 Å². The van der Waals surface area contributed by atoms with Crippen molar-refractivity contribution in [3.05, 3.63) is 65.2 Å². The fourth-order valence-electron chi connectivity index (χ4n) is 5.15. The Bertz CT molecular complexity index is 1280. The number of thiazole rings is 1. The molecule has 4 rings (SSSR count). The Morgan fingerprint density at radius 3 is 2.70 bits per heavy atom. The van der Waals surface area contributed by atoms with Gasteiger partial charge in [-0.25, -0.2) is 14.6 Å². The van der Waals surface area contributed by atoms with Crippen molar-refractivity contribution in [2.24, 2.45) is 5.41 Å². The predicted octanol–water partition coefficient (Wildman–Crippen LogP) is 5.03. The number of rotatable bonds is 9. The summed E-state index contributed by atoms with van der Waals surface area (Å²) in [4.78, 5) is 47.6. The van der Waals surface area contributed by atoms with Crippen LogP contribution in [0.1, 0.15) is 56.0 Å². The average molecular weight is 567 g/mol. The molecule has 214 valence electrons. The predicted molar refractivity (Wildman–Crippen MR) is 156 cm³/mol. The van der Waals surface area contributed by atoms with Crippen molar-refractivity contribution in [3.63, 3.8) is 0 Å². The highest BCUT2D eigenvalue weighted by Crippen LogP contribution is 2.32. The van der Waals surface area contributed by atoms with Crippen molar-refractivity contribution in [2.75, 3.05) is 19.0 Å². The van der Waals surface area contributed by atoms with Crippen LogP contribution in [0.4, 0.5) is 9.93 Å². The first-order chi connectivity index (χ1) is 19.0. The smallest absolute Gasteiger partial charge is 0.410 e. The first kappa shape index (κ1) is 29.3. The molecule has 0 bridgehead atoms. The largest absolute Gasteiger partial charge is 0.467 e. The number of amides is 2. The molecule has 0 aliphatic carbocycles. The molecule has 0 radical (unpaired) electrons. The van der Waals surface area contributed by atoms with Crippen LogP contribution in [-0.4, -0.2) is 64.6 Å². The Balaban J connectivity index is 1.47. The standard InChI is InChI=1S/C30H38N4O5S/c1-7-9-13-21-18-40-28(31-21)32-25(30(3,4)5)26(35)34-16-22(14-24(34)27(36)38-6)39-29(37)33-15-20-12-10-11-19(8-2)23(20)17-33/h7-8,10-12,18,22,24-25H,1-2,9,13-17H2,3-6H3,(H,31,32)/t22-,24+,25-/m1/s1. The molecule has 1 saturated heterocycles. The highest BCUT2D eigenvalue weighted by molar-refractivity contribution is 7.13. The molecule has 0 spiro atoms. The number of carbonyl (C=O) groups is 3. The van der Waals surface area contributed by atoms with Gasteiger partial charge in [0.05, 0.1) is 25.9 Å². The zero-order chi connectivity index (χ0) is 29.0. The van der Waals surface area contributed by atoms with Gasteiger partial charge in [-0.1, -0.05) is 57.7 Å². The van der Waals surface area contributed by atoms with E-state index in [-0.39, 0.29) is 18.9 Å². The molecular formula is C30H38N4O5S. The molecule has 3 heterocycles. The van der Waals surface area contributed by atoms with Crippen LogP contribution in [0.2, 0.25) is 0 Å². The summed E-state index contributed by atoms with van der Waals surface area (Å²) in [6.07, 6.45) is 4.27. The summed E-state index contributed by atoms with van der Waals surface area (Å²) in [7, 11) is 1.29. The van der Waals surface area contributed by atoms with E-state index in [1.807, 2.05) is 50.4 Å². The molecule has 1 N–H and O–H groups in total. The van der Waals surface area contributed by atoms with Crippen molar-refractivity contribution >= 4 is 40.5 Å². The lowest BCUT2D eigenvalue weighted by atomic mass is 9.85. The number of ether oxygens (including phenoxy) is 2. The molecule has 2 aromatic rings. The number of methoxy groups -OCH3 is 1. The molecular weight excluding hydrogens is 528 g/mol. The van der Waals surface area contributed by atoms with Gasteiger partial charge < -0.3 is 19.7 Å². The number of nitrogens with one attached hydrogen (secondary N) is 1. The fourth-order valence-corrected chi connectivity index (χ4v) is 5.92. The Morgan fingerprint density at radius 2 is 2.02 bits per heavy atom. The molecule has 9 nitrogen and oxygen atoms in total. The maximum atomic E-state index is 14.0. The van der Waals surface area contributed by atoms with Gasteiger partial charge in [-0.2, -0.15) is 0 Å². The maximum Gasteiger partial charge on any atom is 0.410 e. The number of hydrogen-bond donors (Lipinski definition) is 1. The summed E-state index contributed by atoms with van der Waals surface area (Å²) in [5, 5.41) is 5.91. The molecule has 1 fully saturated rings. The monoisotopic (exact) mass is 566 g/mol.